The van der Waals surface area contributed by atoms with Crippen molar-refractivity contribution in [3.8, 4) is 0 Å². The third-order valence-corrected chi connectivity index (χ3v) is 5.01. The Morgan fingerprint density at radius 3 is 2.25 bits per heavy atom. The SMILES string of the molecule is Cc1noc(C)c1C(=O)Nc1ccc(N2CCOCC2)nc1N1CCOCC1. The molecule has 2 aromatic heterocycles. The standard InChI is InChI=1S/C19H25N5O4/c1-13-17(14(2)28-22-13)19(25)20-15-3-4-16(23-5-9-26-10-6-23)21-18(15)24-7-11-27-12-8-24/h3-4H,5-12H2,1-2H3,(H,20,25). The van der Waals surface area contributed by atoms with Gasteiger partial charge in [0, 0.05) is 26.2 Å². The van der Waals surface area contributed by atoms with Gasteiger partial charge in [-0.3, -0.25) is 4.79 Å². The lowest BCUT2D eigenvalue weighted by atomic mass is 10.2. The topological polar surface area (TPSA) is 93.0 Å². The van der Waals surface area contributed by atoms with Gasteiger partial charge in [0.25, 0.3) is 5.91 Å². The molecule has 1 N–H and O–H groups in total. The Kier molecular flexibility index (Phi) is 5.45. The molecule has 0 saturated carbocycles. The van der Waals surface area contributed by atoms with Crippen LogP contribution in [0.1, 0.15) is 21.8 Å². The lowest BCUT2D eigenvalue weighted by Gasteiger charge is -2.32. The summed E-state index contributed by atoms with van der Waals surface area (Å²) in [5.41, 5.74) is 1.70. The molecule has 0 radical (unpaired) electrons. The highest BCUT2D eigenvalue weighted by atomic mass is 16.5. The van der Waals surface area contributed by atoms with Crippen LogP contribution in [0.5, 0.6) is 0 Å². The van der Waals surface area contributed by atoms with Crippen LogP contribution in [0.25, 0.3) is 0 Å². The van der Waals surface area contributed by atoms with Gasteiger partial charge in [0.15, 0.2) is 5.82 Å². The van der Waals surface area contributed by atoms with Crippen LogP contribution in [0.4, 0.5) is 17.3 Å². The number of rotatable bonds is 4. The Hall–Kier alpha value is -2.65. The number of nitrogens with zero attached hydrogens (tertiary/aromatic N) is 4. The van der Waals surface area contributed by atoms with Gasteiger partial charge in [0.05, 0.1) is 37.8 Å². The first-order chi connectivity index (χ1) is 13.6. The number of amides is 1. The number of hydrogen-bond donors (Lipinski definition) is 1. The molecule has 2 fully saturated rings. The second-order valence-electron chi connectivity index (χ2n) is 6.89. The molecule has 2 aliphatic heterocycles. The van der Waals surface area contributed by atoms with Gasteiger partial charge in [0.1, 0.15) is 17.1 Å². The molecule has 2 aromatic rings. The fraction of sp³-hybridized carbons (Fsp3) is 0.526. The number of nitrogens with one attached hydrogen (secondary N) is 1. The van der Waals surface area contributed by atoms with Crippen LogP contribution < -0.4 is 15.1 Å². The van der Waals surface area contributed by atoms with Gasteiger partial charge in [-0.15, -0.1) is 0 Å². The Labute approximate surface area is 163 Å². The van der Waals surface area contributed by atoms with Gasteiger partial charge in [-0.25, -0.2) is 4.98 Å². The van der Waals surface area contributed by atoms with Gasteiger partial charge < -0.3 is 29.1 Å². The number of aromatic nitrogens is 2. The minimum absolute atomic E-state index is 0.244. The number of carbonyl (C=O) groups is 1. The maximum absolute atomic E-state index is 12.8. The van der Waals surface area contributed by atoms with Crippen molar-refractivity contribution >= 4 is 23.2 Å². The molecule has 0 aromatic carbocycles. The molecule has 0 aliphatic carbocycles. The first-order valence-corrected chi connectivity index (χ1v) is 9.54. The number of aryl methyl sites for hydroxylation is 2. The fourth-order valence-electron chi connectivity index (χ4n) is 3.51. The van der Waals surface area contributed by atoms with Crippen LogP contribution in [0.15, 0.2) is 16.7 Å². The van der Waals surface area contributed by atoms with Crippen molar-refractivity contribution in [2.45, 2.75) is 13.8 Å². The molecule has 0 spiro atoms. The minimum atomic E-state index is -0.244. The number of morpholine rings is 2. The van der Waals surface area contributed by atoms with E-state index in [0.29, 0.717) is 49.1 Å². The fourth-order valence-corrected chi connectivity index (χ4v) is 3.51. The van der Waals surface area contributed by atoms with Crippen LogP contribution in [-0.2, 0) is 9.47 Å². The van der Waals surface area contributed by atoms with E-state index in [2.05, 4.69) is 20.3 Å². The van der Waals surface area contributed by atoms with Crippen LogP contribution in [-0.4, -0.2) is 68.7 Å². The van der Waals surface area contributed by atoms with E-state index in [9.17, 15) is 4.79 Å². The summed E-state index contributed by atoms with van der Waals surface area (Å²) < 4.78 is 16.0. The minimum Gasteiger partial charge on any atom is -0.378 e. The Balaban J connectivity index is 1.64. The molecule has 1 amide bonds. The maximum Gasteiger partial charge on any atom is 0.261 e. The molecule has 4 rings (SSSR count). The van der Waals surface area contributed by atoms with Crippen molar-refractivity contribution in [1.29, 1.82) is 0 Å². The van der Waals surface area contributed by atoms with E-state index in [-0.39, 0.29) is 5.91 Å². The van der Waals surface area contributed by atoms with Gasteiger partial charge in [-0.1, -0.05) is 5.16 Å². The average Bonchev–Trinajstić information content (AvgIpc) is 3.08. The van der Waals surface area contributed by atoms with Crippen molar-refractivity contribution in [1.82, 2.24) is 10.1 Å². The molecule has 0 unspecified atom stereocenters. The first kappa shape index (κ1) is 18.7. The molecular formula is C19H25N5O4. The molecule has 2 aliphatic rings. The van der Waals surface area contributed by atoms with Crippen LogP contribution in [0.2, 0.25) is 0 Å². The normalized spacial score (nSPS) is 17.6. The Morgan fingerprint density at radius 1 is 1.00 bits per heavy atom. The smallest absolute Gasteiger partial charge is 0.261 e. The first-order valence-electron chi connectivity index (χ1n) is 9.54. The number of ether oxygens (including phenoxy) is 2. The van der Waals surface area contributed by atoms with E-state index in [0.717, 1.165) is 37.8 Å². The van der Waals surface area contributed by atoms with Gasteiger partial charge in [-0.2, -0.15) is 0 Å². The molecular weight excluding hydrogens is 362 g/mol. The number of anilines is 3. The van der Waals surface area contributed by atoms with Crippen molar-refractivity contribution in [2.75, 3.05) is 67.7 Å². The van der Waals surface area contributed by atoms with Crippen molar-refractivity contribution in [2.24, 2.45) is 0 Å². The van der Waals surface area contributed by atoms with E-state index in [1.165, 1.54) is 0 Å². The van der Waals surface area contributed by atoms with Crippen LogP contribution >= 0.6 is 0 Å². The summed E-state index contributed by atoms with van der Waals surface area (Å²) in [6.45, 7) is 9.23. The second kappa shape index (κ2) is 8.15. The zero-order valence-corrected chi connectivity index (χ0v) is 16.2. The molecule has 0 atom stereocenters. The van der Waals surface area contributed by atoms with E-state index in [1.54, 1.807) is 13.8 Å². The maximum atomic E-state index is 12.8. The average molecular weight is 387 g/mol. The van der Waals surface area contributed by atoms with Crippen molar-refractivity contribution < 1.29 is 18.8 Å². The third kappa shape index (κ3) is 3.81. The lowest BCUT2D eigenvalue weighted by molar-refractivity contribution is 0.102. The third-order valence-electron chi connectivity index (χ3n) is 5.01. The summed E-state index contributed by atoms with van der Waals surface area (Å²) in [5.74, 6) is 1.90. The number of carbonyl (C=O) groups excluding carboxylic acids is 1. The molecule has 150 valence electrons. The summed E-state index contributed by atoms with van der Waals surface area (Å²) in [5, 5.41) is 6.86. The summed E-state index contributed by atoms with van der Waals surface area (Å²) in [4.78, 5) is 22.1. The van der Waals surface area contributed by atoms with E-state index >= 15 is 0 Å². The summed E-state index contributed by atoms with van der Waals surface area (Å²) in [6, 6.07) is 3.86. The lowest BCUT2D eigenvalue weighted by Crippen LogP contribution is -2.39. The zero-order chi connectivity index (χ0) is 19.5. The largest absolute Gasteiger partial charge is 0.378 e. The predicted octanol–water partition coefficient (Wildman–Crippen LogP) is 1.61. The van der Waals surface area contributed by atoms with Gasteiger partial charge in [0.2, 0.25) is 0 Å². The van der Waals surface area contributed by atoms with Crippen LogP contribution in [0, 0.1) is 13.8 Å². The van der Waals surface area contributed by atoms with Crippen LogP contribution in [0.3, 0.4) is 0 Å². The molecule has 28 heavy (non-hydrogen) atoms. The Morgan fingerprint density at radius 2 is 1.64 bits per heavy atom. The van der Waals surface area contributed by atoms with E-state index in [1.807, 2.05) is 12.1 Å². The summed E-state index contributed by atoms with van der Waals surface area (Å²) >= 11 is 0. The molecule has 9 heteroatoms. The molecule has 0 bridgehead atoms. The highest BCUT2D eigenvalue weighted by molar-refractivity contribution is 6.07. The number of hydrogen-bond acceptors (Lipinski definition) is 8. The van der Waals surface area contributed by atoms with E-state index < -0.39 is 0 Å². The molecule has 9 nitrogen and oxygen atoms in total. The van der Waals surface area contributed by atoms with Gasteiger partial charge >= 0.3 is 0 Å². The Bertz CT molecular complexity index is 821. The highest BCUT2D eigenvalue weighted by Gasteiger charge is 2.23. The summed E-state index contributed by atoms with van der Waals surface area (Å²) in [7, 11) is 0. The highest BCUT2D eigenvalue weighted by Crippen LogP contribution is 2.29. The number of pyridine rings is 1. The summed E-state index contributed by atoms with van der Waals surface area (Å²) in [6.07, 6.45) is 0. The van der Waals surface area contributed by atoms with Crippen molar-refractivity contribution in [3.05, 3.63) is 29.2 Å². The monoisotopic (exact) mass is 387 g/mol. The second-order valence-corrected chi connectivity index (χ2v) is 6.89. The van der Waals surface area contributed by atoms with Crippen molar-refractivity contribution in [3.63, 3.8) is 0 Å². The van der Waals surface area contributed by atoms with E-state index in [4.69, 9.17) is 19.0 Å². The molecule has 4 heterocycles. The van der Waals surface area contributed by atoms with Gasteiger partial charge in [-0.05, 0) is 26.0 Å². The zero-order valence-electron chi connectivity index (χ0n) is 16.2. The quantitative estimate of drug-likeness (QED) is 0.846. The molecule has 2 saturated heterocycles. The predicted molar refractivity (Wildman–Crippen MR) is 104 cm³/mol.